The van der Waals surface area contributed by atoms with Crippen molar-refractivity contribution >= 4 is 21.6 Å². The molecule has 0 atom stereocenters. The van der Waals surface area contributed by atoms with E-state index in [0.29, 0.717) is 17.1 Å². The van der Waals surface area contributed by atoms with Gasteiger partial charge in [-0.2, -0.15) is 5.10 Å². The number of sulfone groups is 1. The minimum absolute atomic E-state index is 0.153. The average molecular weight is 399 g/mol. The molecule has 4 rings (SSSR count). The van der Waals surface area contributed by atoms with Crippen LogP contribution in [0.5, 0.6) is 0 Å². The van der Waals surface area contributed by atoms with Crippen molar-refractivity contribution in [3.8, 4) is 5.69 Å². The van der Waals surface area contributed by atoms with Gasteiger partial charge in [0.1, 0.15) is 11.6 Å². The lowest BCUT2D eigenvalue weighted by molar-refractivity contribution is 0.102. The number of carbonyl (C=O) groups excluding carboxylic acids is 1. The fourth-order valence-electron chi connectivity index (χ4n) is 3.20. The van der Waals surface area contributed by atoms with E-state index < -0.39 is 21.6 Å². The fraction of sp³-hybridized carbons (Fsp3) is 0.200. The van der Waals surface area contributed by atoms with Crippen molar-refractivity contribution in [2.45, 2.75) is 25.4 Å². The van der Waals surface area contributed by atoms with Gasteiger partial charge in [-0.25, -0.2) is 17.5 Å². The van der Waals surface area contributed by atoms with Crippen molar-refractivity contribution in [3.63, 3.8) is 0 Å². The molecule has 1 amide bonds. The molecule has 0 unspecified atom stereocenters. The van der Waals surface area contributed by atoms with Gasteiger partial charge in [0, 0.05) is 11.1 Å². The number of anilines is 1. The number of nitrogens with one attached hydrogen (secondary N) is 1. The second-order valence-electron chi connectivity index (χ2n) is 6.95. The Labute approximate surface area is 161 Å². The van der Waals surface area contributed by atoms with Crippen LogP contribution < -0.4 is 5.32 Å². The van der Waals surface area contributed by atoms with E-state index in [4.69, 9.17) is 0 Å². The zero-order chi connectivity index (χ0) is 20.1. The van der Waals surface area contributed by atoms with Crippen LogP contribution in [-0.4, -0.2) is 24.1 Å². The number of carbonyl (C=O) groups is 1. The van der Waals surface area contributed by atoms with Crippen LogP contribution in [0.25, 0.3) is 5.69 Å². The van der Waals surface area contributed by atoms with Crippen molar-refractivity contribution in [2.75, 3.05) is 5.32 Å². The first-order chi connectivity index (χ1) is 13.2. The molecule has 0 bridgehead atoms. The first-order valence-electron chi connectivity index (χ1n) is 8.69. The van der Waals surface area contributed by atoms with Crippen LogP contribution in [0, 0.1) is 19.7 Å². The van der Waals surface area contributed by atoms with Crippen molar-refractivity contribution in [1.82, 2.24) is 9.78 Å². The van der Waals surface area contributed by atoms with E-state index >= 15 is 0 Å². The van der Waals surface area contributed by atoms with Crippen LogP contribution in [0.15, 0.2) is 42.5 Å². The Balaban J connectivity index is 1.79. The van der Waals surface area contributed by atoms with Crippen LogP contribution in [0.2, 0.25) is 0 Å². The second kappa shape index (κ2) is 6.56. The molecule has 8 heteroatoms. The summed E-state index contributed by atoms with van der Waals surface area (Å²) in [5.41, 5.74) is 4.09. The molecule has 0 saturated heterocycles. The zero-order valence-electron chi connectivity index (χ0n) is 15.4. The van der Waals surface area contributed by atoms with Crippen molar-refractivity contribution in [2.24, 2.45) is 0 Å². The summed E-state index contributed by atoms with van der Waals surface area (Å²) in [5, 5.41) is 7.22. The maximum Gasteiger partial charge on any atom is 0.256 e. The first-order valence-corrected chi connectivity index (χ1v) is 10.5. The number of fused-ring (bicyclic) bond motifs is 1. The van der Waals surface area contributed by atoms with Crippen LogP contribution in [0.3, 0.4) is 0 Å². The van der Waals surface area contributed by atoms with E-state index in [9.17, 15) is 17.6 Å². The fourth-order valence-corrected chi connectivity index (χ4v) is 4.69. The molecular formula is C20H18FN3O3S. The molecular weight excluding hydrogens is 381 g/mol. The monoisotopic (exact) mass is 399 g/mol. The van der Waals surface area contributed by atoms with Gasteiger partial charge in [0.15, 0.2) is 9.84 Å². The molecule has 0 saturated carbocycles. The highest BCUT2D eigenvalue weighted by molar-refractivity contribution is 7.90. The lowest BCUT2D eigenvalue weighted by Gasteiger charge is -2.12. The summed E-state index contributed by atoms with van der Waals surface area (Å²) in [5.74, 6) is -0.902. The van der Waals surface area contributed by atoms with Gasteiger partial charge in [0.25, 0.3) is 5.91 Å². The van der Waals surface area contributed by atoms with Crippen molar-refractivity contribution < 1.29 is 17.6 Å². The molecule has 0 aliphatic carbocycles. The molecule has 0 spiro atoms. The van der Waals surface area contributed by atoms with Crippen LogP contribution in [0.4, 0.5) is 10.2 Å². The van der Waals surface area contributed by atoms with Gasteiger partial charge in [-0.3, -0.25) is 4.79 Å². The smallest absolute Gasteiger partial charge is 0.256 e. The Kier molecular flexibility index (Phi) is 4.30. The predicted molar refractivity (Wildman–Crippen MR) is 104 cm³/mol. The van der Waals surface area contributed by atoms with Crippen molar-refractivity contribution in [1.29, 1.82) is 0 Å². The topological polar surface area (TPSA) is 81.1 Å². The molecule has 0 radical (unpaired) electrons. The summed E-state index contributed by atoms with van der Waals surface area (Å²) < 4.78 is 38.8. The lowest BCUT2D eigenvalue weighted by Crippen LogP contribution is -2.17. The molecule has 1 aliphatic heterocycles. The van der Waals surface area contributed by atoms with Gasteiger partial charge in [-0.05, 0) is 61.4 Å². The highest BCUT2D eigenvalue weighted by Gasteiger charge is 2.33. The summed E-state index contributed by atoms with van der Waals surface area (Å²) in [6, 6.07) is 10.9. The van der Waals surface area contributed by atoms with Gasteiger partial charge >= 0.3 is 0 Å². The highest BCUT2D eigenvalue weighted by Crippen LogP contribution is 2.33. The molecule has 1 aromatic heterocycles. The van der Waals surface area contributed by atoms with Crippen molar-refractivity contribution in [3.05, 3.63) is 76.2 Å². The number of aromatic nitrogens is 2. The normalized spacial score (nSPS) is 14.7. The molecule has 2 heterocycles. The molecule has 2 aromatic carbocycles. The van der Waals surface area contributed by atoms with Gasteiger partial charge in [-0.15, -0.1) is 0 Å². The summed E-state index contributed by atoms with van der Waals surface area (Å²) in [4.78, 5) is 12.7. The predicted octanol–water partition coefficient (Wildman–Crippen LogP) is 3.31. The van der Waals surface area contributed by atoms with E-state index in [1.54, 1.807) is 4.68 Å². The number of hydrogen-bond acceptors (Lipinski definition) is 4. The van der Waals surface area contributed by atoms with E-state index in [-0.39, 0.29) is 17.1 Å². The van der Waals surface area contributed by atoms with E-state index in [1.807, 2.05) is 32.0 Å². The second-order valence-corrected chi connectivity index (χ2v) is 9.01. The quantitative estimate of drug-likeness (QED) is 0.733. The molecule has 1 aliphatic rings. The molecule has 0 fully saturated rings. The van der Waals surface area contributed by atoms with Crippen LogP contribution in [-0.2, 0) is 21.3 Å². The summed E-state index contributed by atoms with van der Waals surface area (Å²) >= 11 is 0. The highest BCUT2D eigenvalue weighted by atomic mass is 32.2. The number of rotatable bonds is 3. The largest absolute Gasteiger partial charge is 0.306 e. The number of benzene rings is 2. The number of hydrogen-bond donors (Lipinski definition) is 1. The third-order valence-electron chi connectivity index (χ3n) is 4.86. The van der Waals surface area contributed by atoms with Crippen LogP contribution in [0.1, 0.15) is 32.7 Å². The summed E-state index contributed by atoms with van der Waals surface area (Å²) in [6.45, 7) is 3.96. The number of aryl methyl sites for hydroxylation is 2. The van der Waals surface area contributed by atoms with Gasteiger partial charge < -0.3 is 5.32 Å². The lowest BCUT2D eigenvalue weighted by atomic mass is 10.1. The Morgan fingerprint density at radius 2 is 1.79 bits per heavy atom. The average Bonchev–Trinajstić information content (AvgIpc) is 3.10. The zero-order valence-corrected chi connectivity index (χ0v) is 16.2. The molecule has 28 heavy (non-hydrogen) atoms. The number of amides is 1. The first kappa shape index (κ1) is 18.4. The van der Waals surface area contributed by atoms with Gasteiger partial charge in [0.05, 0.1) is 22.9 Å². The summed E-state index contributed by atoms with van der Waals surface area (Å²) in [6.07, 6.45) is 0. The Bertz CT molecular complexity index is 1200. The van der Waals surface area contributed by atoms with E-state index in [2.05, 4.69) is 10.4 Å². The SMILES string of the molecule is Cc1ccc(-n2nc3c(c2NC(=O)c2ccc(F)cc2)CS(=O)(=O)C3)cc1C. The summed E-state index contributed by atoms with van der Waals surface area (Å²) in [7, 11) is -3.28. The maximum atomic E-state index is 13.1. The molecule has 3 aromatic rings. The van der Waals surface area contributed by atoms with Gasteiger partial charge in [-0.1, -0.05) is 6.07 Å². The van der Waals surface area contributed by atoms with Crippen LogP contribution >= 0.6 is 0 Å². The molecule has 144 valence electrons. The number of halogens is 1. The van der Waals surface area contributed by atoms with Gasteiger partial charge in [0.2, 0.25) is 0 Å². The Morgan fingerprint density at radius 1 is 1.07 bits per heavy atom. The maximum absolute atomic E-state index is 13.1. The van der Waals surface area contributed by atoms with E-state index in [0.717, 1.165) is 16.8 Å². The minimum atomic E-state index is -3.28. The number of nitrogens with zero attached hydrogens (tertiary/aromatic N) is 2. The standard InChI is InChI=1S/C20H18FN3O3S/c1-12-3-8-16(9-13(12)2)24-19(17-10-28(26,27)11-18(17)23-24)22-20(25)14-4-6-15(21)7-5-14/h3-9H,10-11H2,1-2H3,(H,22,25). The Morgan fingerprint density at radius 3 is 2.46 bits per heavy atom. The third-order valence-corrected chi connectivity index (χ3v) is 6.30. The minimum Gasteiger partial charge on any atom is -0.306 e. The third kappa shape index (κ3) is 3.31. The molecule has 1 N–H and O–H groups in total. The van der Waals surface area contributed by atoms with E-state index in [1.165, 1.54) is 24.3 Å². The molecule has 6 nitrogen and oxygen atoms in total. The Hall–Kier alpha value is -3.00.